The predicted octanol–water partition coefficient (Wildman–Crippen LogP) is 3.21. The number of rotatable bonds is 0. The van der Waals surface area contributed by atoms with Gasteiger partial charge in [0.05, 0.1) is 5.02 Å². The number of hydrogen-bond donors (Lipinski definition) is 1. The van der Waals surface area contributed by atoms with E-state index in [2.05, 4.69) is 0 Å². The Labute approximate surface area is 79.9 Å². The quantitative estimate of drug-likeness (QED) is 0.642. The third-order valence-electron chi connectivity index (χ3n) is 1.97. The van der Waals surface area contributed by atoms with Gasteiger partial charge in [-0.25, -0.2) is 4.39 Å². The Morgan fingerprint density at radius 1 is 1.15 bits per heavy atom. The molecule has 0 unspecified atom stereocenters. The molecule has 0 fully saturated rings. The highest BCUT2D eigenvalue weighted by molar-refractivity contribution is 6.36. The summed E-state index contributed by atoms with van der Waals surface area (Å²) in [7, 11) is 0. The van der Waals surface area contributed by atoms with Crippen LogP contribution in [-0.2, 0) is 0 Å². The monoisotopic (exact) mass is 195 g/mol. The van der Waals surface area contributed by atoms with Crippen molar-refractivity contribution in [1.82, 2.24) is 0 Å². The molecular formula is C10H7ClFN. The zero-order valence-corrected chi connectivity index (χ0v) is 7.48. The Balaban J connectivity index is 3.00. The molecule has 0 radical (unpaired) electrons. The van der Waals surface area contributed by atoms with Crippen LogP contribution in [0.2, 0.25) is 5.02 Å². The highest BCUT2D eigenvalue weighted by Crippen LogP contribution is 2.30. The third kappa shape index (κ3) is 1.23. The van der Waals surface area contributed by atoms with Crippen molar-refractivity contribution in [3.05, 3.63) is 41.2 Å². The molecule has 2 aromatic rings. The molecule has 2 aromatic carbocycles. The molecule has 0 aromatic heterocycles. The van der Waals surface area contributed by atoms with Crippen LogP contribution in [0.25, 0.3) is 10.8 Å². The molecule has 0 spiro atoms. The first-order chi connectivity index (χ1) is 6.20. The van der Waals surface area contributed by atoms with Gasteiger partial charge in [0.15, 0.2) is 0 Å². The fraction of sp³-hybridized carbons (Fsp3) is 0. The van der Waals surface area contributed by atoms with Gasteiger partial charge in [-0.2, -0.15) is 0 Å². The topological polar surface area (TPSA) is 26.0 Å². The molecule has 0 amide bonds. The van der Waals surface area contributed by atoms with Gasteiger partial charge < -0.3 is 5.73 Å². The number of nitrogen functional groups attached to an aromatic ring is 1. The van der Waals surface area contributed by atoms with E-state index < -0.39 is 0 Å². The van der Waals surface area contributed by atoms with Gasteiger partial charge in [-0.05, 0) is 18.2 Å². The van der Waals surface area contributed by atoms with E-state index in [-0.39, 0.29) is 5.82 Å². The summed E-state index contributed by atoms with van der Waals surface area (Å²) in [6.45, 7) is 0. The molecular weight excluding hydrogens is 189 g/mol. The van der Waals surface area contributed by atoms with Crippen LogP contribution in [0.3, 0.4) is 0 Å². The molecule has 0 bridgehead atoms. The SMILES string of the molecule is Nc1ccc(F)c2cccc(Cl)c12. The first-order valence-corrected chi connectivity index (χ1v) is 4.20. The van der Waals surface area contributed by atoms with E-state index in [1.165, 1.54) is 12.1 Å². The molecule has 0 aliphatic carbocycles. The molecule has 0 aliphatic heterocycles. The van der Waals surface area contributed by atoms with E-state index in [0.717, 1.165) is 0 Å². The Morgan fingerprint density at radius 3 is 2.62 bits per heavy atom. The third-order valence-corrected chi connectivity index (χ3v) is 2.28. The van der Waals surface area contributed by atoms with Crippen LogP contribution >= 0.6 is 11.6 Å². The summed E-state index contributed by atoms with van der Waals surface area (Å²) in [5.41, 5.74) is 6.18. The average Bonchev–Trinajstić information content (AvgIpc) is 2.12. The molecule has 0 atom stereocenters. The second-order valence-electron chi connectivity index (χ2n) is 2.80. The number of fused-ring (bicyclic) bond motifs is 1. The number of hydrogen-bond acceptors (Lipinski definition) is 1. The maximum Gasteiger partial charge on any atom is 0.131 e. The van der Waals surface area contributed by atoms with Crippen LogP contribution in [0.15, 0.2) is 30.3 Å². The van der Waals surface area contributed by atoms with Crippen molar-refractivity contribution in [2.24, 2.45) is 0 Å². The van der Waals surface area contributed by atoms with Crippen molar-refractivity contribution in [1.29, 1.82) is 0 Å². The van der Waals surface area contributed by atoms with Crippen molar-refractivity contribution in [2.45, 2.75) is 0 Å². The van der Waals surface area contributed by atoms with E-state index in [1.54, 1.807) is 18.2 Å². The fourth-order valence-electron chi connectivity index (χ4n) is 1.35. The fourth-order valence-corrected chi connectivity index (χ4v) is 1.64. The standard InChI is InChI=1S/C10H7ClFN/c11-7-3-1-2-6-8(12)4-5-9(13)10(6)7/h1-5H,13H2. The lowest BCUT2D eigenvalue weighted by molar-refractivity contribution is 0.640. The van der Waals surface area contributed by atoms with Crippen LogP contribution in [0.5, 0.6) is 0 Å². The van der Waals surface area contributed by atoms with E-state index in [9.17, 15) is 4.39 Å². The number of anilines is 1. The smallest absolute Gasteiger partial charge is 0.131 e. The van der Waals surface area contributed by atoms with Crippen LogP contribution in [0.4, 0.5) is 10.1 Å². The van der Waals surface area contributed by atoms with E-state index in [1.807, 2.05) is 0 Å². The zero-order valence-electron chi connectivity index (χ0n) is 6.72. The van der Waals surface area contributed by atoms with Gasteiger partial charge in [0, 0.05) is 16.5 Å². The molecule has 0 heterocycles. The van der Waals surface area contributed by atoms with Crippen molar-refractivity contribution in [3.63, 3.8) is 0 Å². The van der Waals surface area contributed by atoms with E-state index in [0.29, 0.717) is 21.5 Å². The summed E-state index contributed by atoms with van der Waals surface area (Å²) in [6, 6.07) is 7.91. The van der Waals surface area contributed by atoms with E-state index in [4.69, 9.17) is 17.3 Å². The predicted molar refractivity (Wildman–Crippen MR) is 53.3 cm³/mol. The minimum absolute atomic E-state index is 0.299. The second kappa shape index (κ2) is 2.89. The van der Waals surface area contributed by atoms with Crippen molar-refractivity contribution in [3.8, 4) is 0 Å². The molecule has 0 saturated carbocycles. The summed E-state index contributed by atoms with van der Waals surface area (Å²) < 4.78 is 13.2. The Hall–Kier alpha value is -1.28. The maximum atomic E-state index is 13.2. The molecule has 3 heteroatoms. The lowest BCUT2D eigenvalue weighted by atomic mass is 10.1. The molecule has 1 nitrogen and oxygen atoms in total. The average molecular weight is 196 g/mol. The van der Waals surface area contributed by atoms with Gasteiger partial charge in [0.1, 0.15) is 5.82 Å². The molecule has 2 N–H and O–H groups in total. The first kappa shape index (κ1) is 8.32. The van der Waals surface area contributed by atoms with Gasteiger partial charge in [-0.1, -0.05) is 23.7 Å². The summed E-state index contributed by atoms with van der Waals surface area (Å²) in [5.74, 6) is -0.299. The largest absolute Gasteiger partial charge is 0.398 e. The van der Waals surface area contributed by atoms with Crippen LogP contribution in [0, 0.1) is 5.82 Å². The van der Waals surface area contributed by atoms with Gasteiger partial charge >= 0.3 is 0 Å². The molecule has 13 heavy (non-hydrogen) atoms. The Kier molecular flexibility index (Phi) is 1.85. The number of nitrogens with two attached hydrogens (primary N) is 1. The van der Waals surface area contributed by atoms with Crippen molar-refractivity contribution < 1.29 is 4.39 Å². The minimum Gasteiger partial charge on any atom is -0.398 e. The van der Waals surface area contributed by atoms with Crippen LogP contribution in [0.1, 0.15) is 0 Å². The van der Waals surface area contributed by atoms with Crippen molar-refractivity contribution >= 4 is 28.1 Å². The van der Waals surface area contributed by atoms with Gasteiger partial charge in [-0.3, -0.25) is 0 Å². The molecule has 0 aliphatic rings. The number of benzene rings is 2. The lowest BCUT2D eigenvalue weighted by Gasteiger charge is -2.04. The highest BCUT2D eigenvalue weighted by Gasteiger charge is 2.05. The van der Waals surface area contributed by atoms with Crippen molar-refractivity contribution in [2.75, 3.05) is 5.73 Å². The first-order valence-electron chi connectivity index (χ1n) is 3.82. The van der Waals surface area contributed by atoms with Gasteiger partial charge in [0.2, 0.25) is 0 Å². The minimum atomic E-state index is -0.299. The Morgan fingerprint density at radius 2 is 1.92 bits per heavy atom. The Bertz CT molecular complexity index is 459. The van der Waals surface area contributed by atoms with Gasteiger partial charge in [0.25, 0.3) is 0 Å². The zero-order chi connectivity index (χ0) is 9.42. The van der Waals surface area contributed by atoms with Crippen LogP contribution in [-0.4, -0.2) is 0 Å². The van der Waals surface area contributed by atoms with E-state index >= 15 is 0 Å². The number of halogens is 2. The highest BCUT2D eigenvalue weighted by atomic mass is 35.5. The van der Waals surface area contributed by atoms with Gasteiger partial charge in [-0.15, -0.1) is 0 Å². The molecule has 2 rings (SSSR count). The van der Waals surface area contributed by atoms with Crippen LogP contribution < -0.4 is 5.73 Å². The molecule has 0 saturated heterocycles. The molecule has 66 valence electrons. The second-order valence-corrected chi connectivity index (χ2v) is 3.21. The maximum absolute atomic E-state index is 13.2. The normalized spacial score (nSPS) is 10.6. The lowest BCUT2D eigenvalue weighted by Crippen LogP contribution is -1.89. The summed E-state index contributed by atoms with van der Waals surface area (Å²) in [5, 5.41) is 1.53. The summed E-state index contributed by atoms with van der Waals surface area (Å²) in [6.07, 6.45) is 0. The summed E-state index contributed by atoms with van der Waals surface area (Å²) in [4.78, 5) is 0. The summed E-state index contributed by atoms with van der Waals surface area (Å²) >= 11 is 5.89.